The van der Waals surface area contributed by atoms with Crippen LogP contribution >= 0.6 is 0 Å². The minimum absolute atomic E-state index is 0.0763. The van der Waals surface area contributed by atoms with E-state index in [1.54, 1.807) is 0 Å². The normalized spacial score (nSPS) is 24.0. The SMILES string of the molecule is O=C(O)C1CCC(C(=O)Nc2ccc3c(c2)CCO3)C1. The molecule has 2 unspecified atom stereocenters. The lowest BCUT2D eigenvalue weighted by Gasteiger charge is -2.11. The fourth-order valence-corrected chi connectivity index (χ4v) is 2.95. The van der Waals surface area contributed by atoms with E-state index in [9.17, 15) is 9.59 Å². The topological polar surface area (TPSA) is 75.6 Å². The number of amides is 1. The maximum Gasteiger partial charge on any atom is 0.306 e. The lowest BCUT2D eigenvalue weighted by Crippen LogP contribution is -2.21. The molecule has 0 radical (unpaired) electrons. The van der Waals surface area contributed by atoms with Crippen LogP contribution in [-0.2, 0) is 16.0 Å². The van der Waals surface area contributed by atoms with Crippen LogP contribution in [0.25, 0.3) is 0 Å². The first kappa shape index (κ1) is 13.0. The Labute approximate surface area is 116 Å². The summed E-state index contributed by atoms with van der Waals surface area (Å²) in [4.78, 5) is 23.1. The van der Waals surface area contributed by atoms with Crippen LogP contribution in [0, 0.1) is 11.8 Å². The maximum atomic E-state index is 12.1. The Hall–Kier alpha value is -2.04. The number of fused-ring (bicyclic) bond motifs is 1. The molecule has 1 aliphatic heterocycles. The Morgan fingerprint density at radius 2 is 2.05 bits per heavy atom. The van der Waals surface area contributed by atoms with E-state index in [2.05, 4.69) is 5.32 Å². The summed E-state index contributed by atoms with van der Waals surface area (Å²) in [5.41, 5.74) is 1.87. The Bertz CT molecular complexity index is 555. The van der Waals surface area contributed by atoms with Crippen molar-refractivity contribution in [3.8, 4) is 5.75 Å². The second-order valence-electron chi connectivity index (χ2n) is 5.46. The van der Waals surface area contributed by atoms with Gasteiger partial charge in [0.2, 0.25) is 5.91 Å². The van der Waals surface area contributed by atoms with Gasteiger partial charge in [0.15, 0.2) is 0 Å². The van der Waals surface area contributed by atoms with Gasteiger partial charge in [0.25, 0.3) is 0 Å². The number of carboxylic acid groups (broad SMARTS) is 1. The highest BCUT2D eigenvalue weighted by atomic mass is 16.5. The zero-order valence-electron chi connectivity index (χ0n) is 11.1. The zero-order valence-corrected chi connectivity index (χ0v) is 11.1. The third kappa shape index (κ3) is 2.48. The largest absolute Gasteiger partial charge is 0.493 e. The van der Waals surface area contributed by atoms with Crippen LogP contribution in [0.5, 0.6) is 5.75 Å². The van der Waals surface area contributed by atoms with Crippen LogP contribution in [0.15, 0.2) is 18.2 Å². The smallest absolute Gasteiger partial charge is 0.306 e. The second kappa shape index (κ2) is 5.15. The number of hydrogen-bond donors (Lipinski definition) is 2. The molecule has 5 nitrogen and oxygen atoms in total. The van der Waals surface area contributed by atoms with E-state index in [1.807, 2.05) is 18.2 Å². The lowest BCUT2D eigenvalue weighted by atomic mass is 10.0. The second-order valence-corrected chi connectivity index (χ2v) is 5.46. The van der Waals surface area contributed by atoms with Crippen molar-refractivity contribution in [1.82, 2.24) is 0 Å². The molecule has 1 heterocycles. The Morgan fingerprint density at radius 3 is 2.80 bits per heavy atom. The van der Waals surface area contributed by atoms with E-state index < -0.39 is 5.97 Å². The molecular weight excluding hydrogens is 258 g/mol. The monoisotopic (exact) mass is 275 g/mol. The molecule has 0 spiro atoms. The van der Waals surface area contributed by atoms with Crippen LogP contribution in [0.4, 0.5) is 5.69 Å². The average Bonchev–Trinajstić information content (AvgIpc) is 3.07. The van der Waals surface area contributed by atoms with Gasteiger partial charge in [-0.25, -0.2) is 0 Å². The molecule has 3 rings (SSSR count). The summed E-state index contributed by atoms with van der Waals surface area (Å²) in [6.07, 6.45) is 2.54. The summed E-state index contributed by atoms with van der Waals surface area (Å²) in [7, 11) is 0. The number of anilines is 1. The molecule has 2 atom stereocenters. The number of benzene rings is 1. The van der Waals surface area contributed by atoms with Crippen LogP contribution in [0.2, 0.25) is 0 Å². The van der Waals surface area contributed by atoms with Crippen LogP contribution in [0.3, 0.4) is 0 Å². The predicted octanol–water partition coefficient (Wildman–Crippen LogP) is 2.06. The summed E-state index contributed by atoms with van der Waals surface area (Å²) in [5, 5.41) is 11.8. The molecule has 1 aliphatic carbocycles. The van der Waals surface area contributed by atoms with Crippen molar-refractivity contribution in [2.24, 2.45) is 11.8 Å². The van der Waals surface area contributed by atoms with Crippen molar-refractivity contribution in [2.75, 3.05) is 11.9 Å². The van der Waals surface area contributed by atoms with Crippen molar-refractivity contribution < 1.29 is 19.4 Å². The van der Waals surface area contributed by atoms with Gasteiger partial charge in [-0.1, -0.05) is 0 Å². The molecule has 1 aromatic rings. The Balaban J connectivity index is 1.63. The number of rotatable bonds is 3. The van der Waals surface area contributed by atoms with Crippen molar-refractivity contribution in [1.29, 1.82) is 0 Å². The van der Waals surface area contributed by atoms with E-state index in [-0.39, 0.29) is 17.7 Å². The lowest BCUT2D eigenvalue weighted by molar-refractivity contribution is -0.141. The first-order chi connectivity index (χ1) is 9.63. The minimum Gasteiger partial charge on any atom is -0.493 e. The number of carbonyl (C=O) groups excluding carboxylic acids is 1. The standard InChI is InChI=1S/C15H17NO4/c17-14(10-1-2-11(7-10)15(18)19)16-12-3-4-13-9(8-12)5-6-20-13/h3-4,8,10-11H,1-2,5-7H2,(H,16,17)(H,18,19). The summed E-state index contributed by atoms with van der Waals surface area (Å²) in [5.74, 6) is -0.558. The fraction of sp³-hybridized carbons (Fsp3) is 0.467. The van der Waals surface area contributed by atoms with E-state index >= 15 is 0 Å². The minimum atomic E-state index is -0.796. The number of hydrogen-bond acceptors (Lipinski definition) is 3. The molecule has 0 saturated heterocycles. The fourth-order valence-electron chi connectivity index (χ4n) is 2.95. The molecule has 1 saturated carbocycles. The van der Waals surface area contributed by atoms with Crippen molar-refractivity contribution >= 4 is 17.6 Å². The van der Waals surface area contributed by atoms with Gasteiger partial charge in [-0.15, -0.1) is 0 Å². The number of carbonyl (C=O) groups is 2. The van der Waals surface area contributed by atoms with Crippen LogP contribution in [0.1, 0.15) is 24.8 Å². The molecule has 1 aromatic carbocycles. The highest BCUT2D eigenvalue weighted by molar-refractivity contribution is 5.93. The molecule has 2 N–H and O–H groups in total. The van der Waals surface area contributed by atoms with Gasteiger partial charge in [-0.3, -0.25) is 9.59 Å². The summed E-state index contributed by atoms with van der Waals surface area (Å²) < 4.78 is 5.42. The number of carboxylic acids is 1. The van der Waals surface area contributed by atoms with Gasteiger partial charge in [0.05, 0.1) is 12.5 Å². The molecule has 1 fully saturated rings. The first-order valence-corrected chi connectivity index (χ1v) is 6.93. The van der Waals surface area contributed by atoms with Gasteiger partial charge in [-0.05, 0) is 43.0 Å². The first-order valence-electron chi connectivity index (χ1n) is 6.93. The Kier molecular flexibility index (Phi) is 3.34. The third-order valence-electron chi connectivity index (χ3n) is 4.11. The highest BCUT2D eigenvalue weighted by Gasteiger charge is 2.33. The third-order valence-corrected chi connectivity index (χ3v) is 4.11. The number of ether oxygens (including phenoxy) is 1. The van der Waals surface area contributed by atoms with E-state index in [1.165, 1.54) is 0 Å². The highest BCUT2D eigenvalue weighted by Crippen LogP contribution is 2.33. The number of nitrogens with one attached hydrogen (secondary N) is 1. The number of aliphatic carboxylic acids is 1. The van der Waals surface area contributed by atoms with Gasteiger partial charge in [0, 0.05) is 18.0 Å². The predicted molar refractivity (Wildman–Crippen MR) is 72.7 cm³/mol. The summed E-state index contributed by atoms with van der Waals surface area (Å²) in [6.45, 7) is 0.690. The van der Waals surface area contributed by atoms with E-state index in [0.29, 0.717) is 25.9 Å². The molecule has 106 valence electrons. The van der Waals surface area contributed by atoms with Crippen molar-refractivity contribution in [3.63, 3.8) is 0 Å². The molecule has 20 heavy (non-hydrogen) atoms. The molecule has 0 bridgehead atoms. The van der Waals surface area contributed by atoms with Crippen LogP contribution in [-0.4, -0.2) is 23.6 Å². The van der Waals surface area contributed by atoms with Crippen LogP contribution < -0.4 is 10.1 Å². The molecule has 2 aliphatic rings. The average molecular weight is 275 g/mol. The van der Waals surface area contributed by atoms with Gasteiger partial charge < -0.3 is 15.2 Å². The molecule has 0 aromatic heterocycles. The van der Waals surface area contributed by atoms with E-state index in [4.69, 9.17) is 9.84 Å². The summed E-state index contributed by atoms with van der Waals surface area (Å²) >= 11 is 0. The summed E-state index contributed by atoms with van der Waals surface area (Å²) in [6, 6.07) is 5.63. The van der Waals surface area contributed by atoms with Gasteiger partial charge in [-0.2, -0.15) is 0 Å². The van der Waals surface area contributed by atoms with Gasteiger partial charge in [0.1, 0.15) is 5.75 Å². The van der Waals surface area contributed by atoms with Crippen molar-refractivity contribution in [3.05, 3.63) is 23.8 Å². The van der Waals surface area contributed by atoms with E-state index in [0.717, 1.165) is 23.4 Å². The molecular formula is C15H17NO4. The quantitative estimate of drug-likeness (QED) is 0.885. The zero-order chi connectivity index (χ0) is 14.1. The maximum absolute atomic E-state index is 12.1. The molecule has 5 heteroatoms. The molecule has 1 amide bonds. The van der Waals surface area contributed by atoms with Crippen molar-refractivity contribution in [2.45, 2.75) is 25.7 Å². The van der Waals surface area contributed by atoms with Gasteiger partial charge >= 0.3 is 5.97 Å². The Morgan fingerprint density at radius 1 is 1.25 bits per heavy atom.